The molecular formula is C70H137NO5. The summed E-state index contributed by atoms with van der Waals surface area (Å²) < 4.78 is 5.50. The summed E-state index contributed by atoms with van der Waals surface area (Å²) in [6, 6.07) is -0.537. The predicted molar refractivity (Wildman–Crippen MR) is 333 cm³/mol. The highest BCUT2D eigenvalue weighted by Crippen LogP contribution is 2.19. The normalized spacial score (nSPS) is 12.5. The fraction of sp³-hybridized carbons (Fsp3) is 0.943. The van der Waals surface area contributed by atoms with Crippen molar-refractivity contribution in [3.63, 3.8) is 0 Å². The second-order valence-corrected chi connectivity index (χ2v) is 24.2. The third-order valence-corrected chi connectivity index (χ3v) is 16.6. The van der Waals surface area contributed by atoms with Crippen molar-refractivity contribution in [1.82, 2.24) is 5.32 Å². The van der Waals surface area contributed by atoms with Crippen molar-refractivity contribution < 1.29 is 24.5 Å². The van der Waals surface area contributed by atoms with E-state index in [-0.39, 0.29) is 18.5 Å². The standard InChI is InChI=1S/C70H137NO5/c1-3-5-7-9-11-13-15-17-18-36-40-44-48-52-56-60-64-70(75)76-65-61-57-53-49-45-41-37-34-32-30-28-26-24-22-20-19-21-23-25-27-29-31-33-35-39-43-47-51-55-59-63-69(74)71-67(66-72)68(73)62-58-54-50-46-42-38-16-14-12-10-8-6-4-2/h18,36,67-68,72-73H,3-17,19-35,37-66H2,1-2H3,(H,71,74)/b36-18-. The number of carbonyl (C=O) groups is 2. The third kappa shape index (κ3) is 61.8. The van der Waals surface area contributed by atoms with Crippen molar-refractivity contribution in [3.8, 4) is 0 Å². The van der Waals surface area contributed by atoms with Gasteiger partial charge >= 0.3 is 5.97 Å². The van der Waals surface area contributed by atoms with E-state index in [0.717, 1.165) is 44.9 Å². The van der Waals surface area contributed by atoms with E-state index < -0.39 is 12.1 Å². The van der Waals surface area contributed by atoms with Crippen LogP contribution in [0.15, 0.2) is 12.2 Å². The fourth-order valence-corrected chi connectivity index (χ4v) is 11.2. The first-order chi connectivity index (χ1) is 37.5. The maximum absolute atomic E-state index is 12.5. The van der Waals surface area contributed by atoms with Crippen LogP contribution in [0.3, 0.4) is 0 Å². The molecule has 0 aromatic rings. The lowest BCUT2D eigenvalue weighted by Gasteiger charge is -2.22. The number of nitrogens with one attached hydrogen (secondary N) is 1. The molecule has 0 bridgehead atoms. The van der Waals surface area contributed by atoms with E-state index in [1.807, 2.05) is 0 Å². The molecule has 0 aliphatic heterocycles. The van der Waals surface area contributed by atoms with Crippen LogP contribution in [-0.2, 0) is 14.3 Å². The Kier molecular flexibility index (Phi) is 64.9. The largest absolute Gasteiger partial charge is 0.466 e. The van der Waals surface area contributed by atoms with Crippen LogP contribution in [0.2, 0.25) is 0 Å². The van der Waals surface area contributed by atoms with Crippen LogP contribution in [0.4, 0.5) is 0 Å². The molecule has 0 radical (unpaired) electrons. The van der Waals surface area contributed by atoms with Crippen LogP contribution in [0, 0.1) is 0 Å². The smallest absolute Gasteiger partial charge is 0.305 e. The molecule has 6 heteroatoms. The zero-order valence-corrected chi connectivity index (χ0v) is 51.8. The van der Waals surface area contributed by atoms with E-state index in [2.05, 4.69) is 31.3 Å². The van der Waals surface area contributed by atoms with Crippen LogP contribution in [-0.4, -0.2) is 47.4 Å². The van der Waals surface area contributed by atoms with Gasteiger partial charge in [0.2, 0.25) is 5.91 Å². The van der Waals surface area contributed by atoms with Gasteiger partial charge in [-0.3, -0.25) is 9.59 Å². The third-order valence-electron chi connectivity index (χ3n) is 16.6. The first kappa shape index (κ1) is 74.6. The molecule has 0 aromatic carbocycles. The number of esters is 1. The van der Waals surface area contributed by atoms with Gasteiger partial charge in [-0.1, -0.05) is 347 Å². The average Bonchev–Trinajstić information content (AvgIpc) is 3.42. The van der Waals surface area contributed by atoms with Crippen molar-refractivity contribution >= 4 is 11.9 Å². The number of aliphatic hydroxyl groups excluding tert-OH is 2. The summed E-state index contributed by atoms with van der Waals surface area (Å²) >= 11 is 0. The van der Waals surface area contributed by atoms with Crippen LogP contribution >= 0.6 is 0 Å². The van der Waals surface area contributed by atoms with E-state index >= 15 is 0 Å². The molecule has 0 fully saturated rings. The second-order valence-electron chi connectivity index (χ2n) is 24.2. The highest BCUT2D eigenvalue weighted by atomic mass is 16.5. The van der Waals surface area contributed by atoms with Gasteiger partial charge in [0.15, 0.2) is 0 Å². The minimum absolute atomic E-state index is 0.0135. The zero-order valence-electron chi connectivity index (χ0n) is 51.8. The number of amides is 1. The molecule has 3 N–H and O–H groups in total. The minimum Gasteiger partial charge on any atom is -0.466 e. The fourth-order valence-electron chi connectivity index (χ4n) is 11.2. The zero-order chi connectivity index (χ0) is 55.0. The summed E-state index contributed by atoms with van der Waals surface area (Å²) in [5.41, 5.74) is 0. The van der Waals surface area contributed by atoms with Crippen molar-refractivity contribution in [2.24, 2.45) is 0 Å². The molecule has 2 unspecified atom stereocenters. The van der Waals surface area contributed by atoms with Crippen LogP contribution in [0.5, 0.6) is 0 Å². The SMILES string of the molecule is CCCCCCCCC/C=C\CCCCCCCC(=O)OCCCCCCCCCCCCCCCCCCCCCCCCCCCCCCCCC(=O)NC(CO)C(O)CCCCCCCCCCCCCCC. The summed E-state index contributed by atoms with van der Waals surface area (Å²) in [7, 11) is 0. The number of hydrogen-bond donors (Lipinski definition) is 3. The quantitative estimate of drug-likeness (QED) is 0.0320. The van der Waals surface area contributed by atoms with Gasteiger partial charge in [-0.05, 0) is 51.4 Å². The van der Waals surface area contributed by atoms with Crippen LogP contribution < -0.4 is 5.32 Å². The lowest BCUT2D eigenvalue weighted by molar-refractivity contribution is -0.143. The molecule has 76 heavy (non-hydrogen) atoms. The molecule has 2 atom stereocenters. The van der Waals surface area contributed by atoms with Crippen molar-refractivity contribution in [2.45, 2.75) is 411 Å². The lowest BCUT2D eigenvalue weighted by atomic mass is 10.0. The molecule has 0 aromatic heterocycles. The molecule has 1 amide bonds. The van der Waals surface area contributed by atoms with Gasteiger partial charge in [-0.2, -0.15) is 0 Å². The van der Waals surface area contributed by atoms with E-state index in [1.165, 1.54) is 321 Å². The molecule has 6 nitrogen and oxygen atoms in total. The highest BCUT2D eigenvalue weighted by molar-refractivity contribution is 5.76. The summed E-state index contributed by atoms with van der Waals surface area (Å²) in [5, 5.41) is 23.3. The Labute approximate surface area is 476 Å². The molecular weight excluding hydrogens is 935 g/mol. The number of carbonyl (C=O) groups excluding carboxylic acids is 2. The van der Waals surface area contributed by atoms with Gasteiger partial charge in [0.05, 0.1) is 25.4 Å². The number of hydrogen-bond acceptors (Lipinski definition) is 5. The van der Waals surface area contributed by atoms with Crippen LogP contribution in [0.1, 0.15) is 399 Å². The van der Waals surface area contributed by atoms with Crippen molar-refractivity contribution in [1.29, 1.82) is 0 Å². The first-order valence-electron chi connectivity index (χ1n) is 34.9. The van der Waals surface area contributed by atoms with Gasteiger partial charge in [0.25, 0.3) is 0 Å². The topological polar surface area (TPSA) is 95.9 Å². The second kappa shape index (κ2) is 66.1. The summed E-state index contributed by atoms with van der Waals surface area (Å²) in [5.74, 6) is -0.0152. The predicted octanol–water partition coefficient (Wildman–Crippen LogP) is 22.4. The molecule has 0 heterocycles. The van der Waals surface area contributed by atoms with Gasteiger partial charge in [0.1, 0.15) is 0 Å². The Balaban J connectivity index is 3.31. The molecule has 0 rings (SSSR count). The van der Waals surface area contributed by atoms with E-state index in [4.69, 9.17) is 4.74 Å². The van der Waals surface area contributed by atoms with Crippen LogP contribution in [0.25, 0.3) is 0 Å². The summed E-state index contributed by atoms with van der Waals surface area (Å²) in [4.78, 5) is 24.6. The molecule has 0 aliphatic rings. The number of allylic oxidation sites excluding steroid dienone is 2. The average molecular weight is 1070 g/mol. The van der Waals surface area contributed by atoms with E-state index in [1.54, 1.807) is 0 Å². The monoisotopic (exact) mass is 1070 g/mol. The number of ether oxygens (including phenoxy) is 1. The van der Waals surface area contributed by atoms with E-state index in [9.17, 15) is 19.8 Å². The Morgan fingerprint density at radius 2 is 0.618 bits per heavy atom. The molecule has 0 aliphatic carbocycles. The molecule has 0 saturated carbocycles. The highest BCUT2D eigenvalue weighted by Gasteiger charge is 2.20. The Bertz CT molecular complexity index is 1140. The van der Waals surface area contributed by atoms with Gasteiger partial charge in [-0.15, -0.1) is 0 Å². The Hall–Kier alpha value is -1.40. The maximum Gasteiger partial charge on any atom is 0.305 e. The van der Waals surface area contributed by atoms with Gasteiger partial charge < -0.3 is 20.3 Å². The Morgan fingerprint density at radius 3 is 0.934 bits per heavy atom. The lowest BCUT2D eigenvalue weighted by Crippen LogP contribution is -2.45. The number of rotatable bonds is 66. The summed E-state index contributed by atoms with van der Waals surface area (Å²) in [6.45, 7) is 4.98. The Morgan fingerprint density at radius 1 is 0.355 bits per heavy atom. The number of aliphatic hydroxyl groups is 2. The van der Waals surface area contributed by atoms with Gasteiger partial charge in [-0.25, -0.2) is 0 Å². The van der Waals surface area contributed by atoms with Crippen molar-refractivity contribution in [2.75, 3.05) is 13.2 Å². The maximum atomic E-state index is 12.5. The van der Waals surface area contributed by atoms with Gasteiger partial charge in [0, 0.05) is 12.8 Å². The van der Waals surface area contributed by atoms with Crippen molar-refractivity contribution in [3.05, 3.63) is 12.2 Å². The minimum atomic E-state index is -0.660. The number of unbranched alkanes of at least 4 members (excludes halogenated alkanes) is 53. The molecule has 0 saturated heterocycles. The molecule has 0 spiro atoms. The van der Waals surface area contributed by atoms with E-state index in [0.29, 0.717) is 25.9 Å². The molecule has 452 valence electrons. The summed E-state index contributed by atoms with van der Waals surface area (Å²) in [6.07, 6.45) is 81.2. The first-order valence-corrected chi connectivity index (χ1v) is 34.9.